The Morgan fingerprint density at radius 1 is 1.28 bits per heavy atom. The summed E-state index contributed by atoms with van der Waals surface area (Å²) in [7, 11) is 0. The van der Waals surface area contributed by atoms with Crippen molar-refractivity contribution in [1.82, 2.24) is 14.5 Å². The molecular weight excluding hydrogens is 230 g/mol. The maximum Gasteiger partial charge on any atom is 0.226 e. The fraction of sp³-hybridized carbons (Fsp3) is 0.692. The fourth-order valence-corrected chi connectivity index (χ4v) is 2.92. The Morgan fingerprint density at radius 3 is 2.83 bits per heavy atom. The maximum atomic E-state index is 12.4. The lowest BCUT2D eigenvalue weighted by Gasteiger charge is -2.33. The molecule has 1 unspecified atom stereocenters. The van der Waals surface area contributed by atoms with Gasteiger partial charge in [-0.1, -0.05) is 0 Å². The van der Waals surface area contributed by atoms with Crippen molar-refractivity contribution in [3.8, 4) is 0 Å². The van der Waals surface area contributed by atoms with Gasteiger partial charge in [0.2, 0.25) is 5.91 Å². The summed E-state index contributed by atoms with van der Waals surface area (Å²) in [4.78, 5) is 18.5. The molecule has 1 atom stereocenters. The number of piperidine rings is 1. The average molecular weight is 249 g/mol. The molecule has 1 aromatic heterocycles. The van der Waals surface area contributed by atoms with E-state index in [9.17, 15) is 9.90 Å². The summed E-state index contributed by atoms with van der Waals surface area (Å²) < 4.78 is 2.13. The van der Waals surface area contributed by atoms with Gasteiger partial charge in [-0.3, -0.25) is 4.79 Å². The molecule has 1 saturated heterocycles. The summed E-state index contributed by atoms with van der Waals surface area (Å²) in [5, 5.41) is 9.47. The van der Waals surface area contributed by atoms with Crippen molar-refractivity contribution in [1.29, 1.82) is 0 Å². The zero-order chi connectivity index (χ0) is 12.5. The highest BCUT2D eigenvalue weighted by molar-refractivity contribution is 5.79. The number of aliphatic hydroxyl groups excluding tert-OH is 1. The predicted octanol–water partition coefficient (Wildman–Crippen LogP) is 0.429. The van der Waals surface area contributed by atoms with E-state index in [1.165, 1.54) is 0 Å². The third kappa shape index (κ3) is 2.14. The highest BCUT2D eigenvalue weighted by atomic mass is 16.3. The number of carbonyl (C=O) groups is 1. The highest BCUT2D eigenvalue weighted by Gasteiger charge is 2.30. The van der Waals surface area contributed by atoms with Crippen LogP contribution in [0.4, 0.5) is 0 Å². The molecule has 2 aliphatic rings. The number of nitrogens with zero attached hydrogens (tertiary/aromatic N) is 3. The predicted molar refractivity (Wildman–Crippen MR) is 65.9 cm³/mol. The van der Waals surface area contributed by atoms with Gasteiger partial charge in [-0.2, -0.15) is 0 Å². The van der Waals surface area contributed by atoms with Crippen LogP contribution in [0.5, 0.6) is 0 Å². The van der Waals surface area contributed by atoms with Crippen LogP contribution < -0.4 is 0 Å². The molecule has 0 spiro atoms. The Bertz CT molecular complexity index is 435. The minimum atomic E-state index is -0.221. The Balaban J connectivity index is 1.64. The Hall–Kier alpha value is -1.36. The molecule has 1 aromatic rings. The molecule has 3 heterocycles. The summed E-state index contributed by atoms with van der Waals surface area (Å²) in [6.07, 6.45) is 6.63. The summed E-state index contributed by atoms with van der Waals surface area (Å²) in [6, 6.07) is 0. The minimum Gasteiger partial charge on any atom is -0.393 e. The zero-order valence-corrected chi connectivity index (χ0v) is 10.5. The molecule has 0 saturated carbocycles. The largest absolute Gasteiger partial charge is 0.393 e. The Kier molecular flexibility index (Phi) is 3.07. The molecule has 1 fully saturated rings. The molecular formula is C13H19N3O2. The van der Waals surface area contributed by atoms with E-state index >= 15 is 0 Å². The molecule has 0 bridgehead atoms. The molecule has 1 N–H and O–H groups in total. The van der Waals surface area contributed by atoms with Crippen LogP contribution in [0.25, 0.3) is 0 Å². The first-order valence-corrected chi connectivity index (χ1v) is 6.70. The molecule has 98 valence electrons. The van der Waals surface area contributed by atoms with Gasteiger partial charge in [-0.25, -0.2) is 4.98 Å². The van der Waals surface area contributed by atoms with Crippen molar-refractivity contribution in [3.05, 3.63) is 18.2 Å². The van der Waals surface area contributed by atoms with Gasteiger partial charge in [0, 0.05) is 43.9 Å². The van der Waals surface area contributed by atoms with E-state index in [1.807, 2.05) is 17.4 Å². The van der Waals surface area contributed by atoms with Crippen LogP contribution in [-0.2, 0) is 17.8 Å². The Labute approximate surface area is 106 Å². The van der Waals surface area contributed by atoms with Crippen LogP contribution in [0.3, 0.4) is 0 Å². The number of carbonyl (C=O) groups excluding carboxylic acids is 1. The smallest absolute Gasteiger partial charge is 0.226 e. The number of fused-ring (bicyclic) bond motifs is 1. The van der Waals surface area contributed by atoms with Crippen molar-refractivity contribution in [2.75, 3.05) is 13.1 Å². The van der Waals surface area contributed by atoms with Crippen LogP contribution >= 0.6 is 0 Å². The van der Waals surface area contributed by atoms with Crippen molar-refractivity contribution in [2.45, 2.75) is 38.3 Å². The molecule has 5 heteroatoms. The van der Waals surface area contributed by atoms with E-state index in [2.05, 4.69) is 9.55 Å². The average Bonchev–Trinajstić information content (AvgIpc) is 2.86. The number of aliphatic hydroxyl groups is 1. The van der Waals surface area contributed by atoms with Crippen molar-refractivity contribution in [3.63, 3.8) is 0 Å². The number of aryl methyl sites for hydroxylation is 1. The molecule has 3 rings (SSSR count). The van der Waals surface area contributed by atoms with E-state index < -0.39 is 0 Å². The van der Waals surface area contributed by atoms with Crippen LogP contribution in [0.15, 0.2) is 12.5 Å². The molecule has 1 amide bonds. The number of rotatable bonds is 1. The zero-order valence-electron chi connectivity index (χ0n) is 10.5. The van der Waals surface area contributed by atoms with Gasteiger partial charge in [0.05, 0.1) is 12.4 Å². The number of hydrogen-bond donors (Lipinski definition) is 1. The summed E-state index contributed by atoms with van der Waals surface area (Å²) in [5.74, 6) is 0.360. The van der Waals surface area contributed by atoms with Crippen LogP contribution in [0.2, 0.25) is 0 Å². The van der Waals surface area contributed by atoms with E-state index in [0.717, 1.165) is 37.9 Å². The van der Waals surface area contributed by atoms with Crippen molar-refractivity contribution < 1.29 is 9.90 Å². The van der Waals surface area contributed by atoms with Crippen LogP contribution in [-0.4, -0.2) is 44.7 Å². The number of likely N-dealkylation sites (tertiary alicyclic amines) is 1. The number of hydrogen-bond acceptors (Lipinski definition) is 3. The first-order valence-electron chi connectivity index (χ1n) is 6.70. The minimum absolute atomic E-state index is 0.101. The third-order valence-electron chi connectivity index (χ3n) is 4.10. The highest BCUT2D eigenvalue weighted by Crippen LogP contribution is 2.23. The second-order valence-electron chi connectivity index (χ2n) is 5.32. The van der Waals surface area contributed by atoms with Gasteiger partial charge in [0.15, 0.2) is 0 Å². The van der Waals surface area contributed by atoms with Gasteiger partial charge in [-0.15, -0.1) is 0 Å². The van der Waals surface area contributed by atoms with Gasteiger partial charge < -0.3 is 14.6 Å². The monoisotopic (exact) mass is 249 g/mol. The van der Waals surface area contributed by atoms with Crippen LogP contribution in [0, 0.1) is 5.92 Å². The van der Waals surface area contributed by atoms with Crippen molar-refractivity contribution in [2.24, 2.45) is 5.92 Å². The summed E-state index contributed by atoms with van der Waals surface area (Å²) in [5.41, 5.74) is 1.16. The first-order chi connectivity index (χ1) is 8.74. The lowest BCUT2D eigenvalue weighted by molar-refractivity contribution is -0.138. The third-order valence-corrected chi connectivity index (χ3v) is 4.10. The standard InChI is InChI=1S/C13H19N3O2/c17-12-2-5-15(6-3-12)13(18)10-1-4-16-9-14-8-11(16)7-10/h8-10,12,17H,1-7H2. The number of imidazole rings is 1. The molecule has 5 nitrogen and oxygen atoms in total. The second-order valence-corrected chi connectivity index (χ2v) is 5.32. The van der Waals surface area contributed by atoms with Gasteiger partial charge in [0.25, 0.3) is 0 Å². The van der Waals surface area contributed by atoms with Gasteiger partial charge in [-0.05, 0) is 19.3 Å². The molecule has 0 radical (unpaired) electrons. The van der Waals surface area contributed by atoms with E-state index in [-0.39, 0.29) is 17.9 Å². The van der Waals surface area contributed by atoms with Gasteiger partial charge in [0.1, 0.15) is 0 Å². The summed E-state index contributed by atoms with van der Waals surface area (Å²) >= 11 is 0. The molecule has 0 aliphatic carbocycles. The number of amides is 1. The normalized spacial score (nSPS) is 24.9. The van der Waals surface area contributed by atoms with E-state index in [4.69, 9.17) is 0 Å². The van der Waals surface area contributed by atoms with E-state index in [1.54, 1.807) is 0 Å². The topological polar surface area (TPSA) is 58.4 Å². The lowest BCUT2D eigenvalue weighted by Crippen LogP contribution is -2.44. The quantitative estimate of drug-likeness (QED) is 0.785. The van der Waals surface area contributed by atoms with Crippen LogP contribution in [0.1, 0.15) is 25.0 Å². The van der Waals surface area contributed by atoms with Gasteiger partial charge >= 0.3 is 0 Å². The second kappa shape index (κ2) is 4.72. The SMILES string of the molecule is O=C(C1CCn2cncc2C1)N1CCC(O)CC1. The lowest BCUT2D eigenvalue weighted by atomic mass is 9.93. The molecule has 0 aromatic carbocycles. The molecule has 18 heavy (non-hydrogen) atoms. The number of aromatic nitrogens is 2. The van der Waals surface area contributed by atoms with Crippen molar-refractivity contribution >= 4 is 5.91 Å². The Morgan fingerprint density at radius 2 is 2.06 bits per heavy atom. The maximum absolute atomic E-state index is 12.4. The molecule has 2 aliphatic heterocycles. The fourth-order valence-electron chi connectivity index (χ4n) is 2.92. The summed E-state index contributed by atoms with van der Waals surface area (Å²) in [6.45, 7) is 2.30. The van der Waals surface area contributed by atoms with E-state index in [0.29, 0.717) is 13.1 Å². The first kappa shape index (κ1) is 11.7.